The molecule has 1 aliphatic rings. The van der Waals surface area contributed by atoms with Crippen molar-refractivity contribution in [3.63, 3.8) is 0 Å². The molecule has 0 bridgehead atoms. The summed E-state index contributed by atoms with van der Waals surface area (Å²) in [5.74, 6) is -1.20. The molecule has 0 saturated carbocycles. The maximum absolute atomic E-state index is 12.5. The zero-order valence-corrected chi connectivity index (χ0v) is 18.3. The first-order valence-corrected chi connectivity index (χ1v) is 10.6. The molecule has 0 spiro atoms. The van der Waals surface area contributed by atoms with Crippen molar-refractivity contribution in [2.24, 2.45) is 10.2 Å². The van der Waals surface area contributed by atoms with Crippen LogP contribution in [0.1, 0.15) is 42.9 Å². The molecular weight excluding hydrogens is 408 g/mol. The van der Waals surface area contributed by atoms with Gasteiger partial charge in [-0.05, 0) is 62.3 Å². The maximum Gasteiger partial charge on any atom is 0.303 e. The molecule has 2 aromatic carbocycles. The SMILES string of the molecule is CC1=NN(CCCC(=O)O)C(=O)/C1=N\Nc1cccc(CCCc2ccccc2C)c1O. The van der Waals surface area contributed by atoms with Crippen LogP contribution in [0, 0.1) is 6.92 Å². The number of carboxylic acids is 1. The summed E-state index contributed by atoms with van der Waals surface area (Å²) >= 11 is 0. The van der Waals surface area contributed by atoms with Crippen molar-refractivity contribution in [3.05, 3.63) is 59.2 Å². The number of para-hydroxylation sites is 1. The van der Waals surface area contributed by atoms with Crippen LogP contribution in [-0.4, -0.2) is 45.1 Å². The number of phenolic OH excluding ortho intramolecular Hbond substituents is 1. The molecule has 0 aromatic heterocycles. The number of amides is 1. The standard InChI is InChI=1S/C24H28N4O4/c1-16-8-3-4-9-18(16)10-5-11-19-12-6-13-20(23(19)31)25-26-22-17(2)27-28(24(22)32)15-7-14-21(29)30/h3-4,6,8-9,12-13,25,31H,5,7,10-11,14-15H2,1-2H3,(H,29,30)/b26-22-. The van der Waals surface area contributed by atoms with Crippen LogP contribution in [0.5, 0.6) is 5.75 Å². The van der Waals surface area contributed by atoms with Crippen LogP contribution in [0.2, 0.25) is 0 Å². The zero-order valence-electron chi connectivity index (χ0n) is 18.3. The van der Waals surface area contributed by atoms with Crippen LogP contribution in [0.15, 0.2) is 52.7 Å². The van der Waals surface area contributed by atoms with Gasteiger partial charge in [0.25, 0.3) is 5.91 Å². The number of phenols is 1. The van der Waals surface area contributed by atoms with Gasteiger partial charge >= 0.3 is 5.97 Å². The molecule has 3 N–H and O–H groups in total. The lowest BCUT2D eigenvalue weighted by Crippen LogP contribution is -2.29. The summed E-state index contributed by atoms with van der Waals surface area (Å²) in [5, 5.41) is 28.9. The molecule has 168 valence electrons. The second-order valence-corrected chi connectivity index (χ2v) is 7.78. The van der Waals surface area contributed by atoms with Gasteiger partial charge in [-0.2, -0.15) is 10.2 Å². The summed E-state index contributed by atoms with van der Waals surface area (Å²) in [6.45, 7) is 3.97. The van der Waals surface area contributed by atoms with Crippen molar-refractivity contribution >= 4 is 29.0 Å². The van der Waals surface area contributed by atoms with Crippen LogP contribution in [0.3, 0.4) is 0 Å². The number of hydrogen-bond acceptors (Lipinski definition) is 6. The summed E-state index contributed by atoms with van der Waals surface area (Å²) < 4.78 is 0. The number of hydrogen-bond donors (Lipinski definition) is 3. The van der Waals surface area contributed by atoms with Gasteiger partial charge in [0.1, 0.15) is 5.75 Å². The van der Waals surface area contributed by atoms with Crippen molar-refractivity contribution in [1.82, 2.24) is 5.01 Å². The van der Waals surface area contributed by atoms with Gasteiger partial charge in [0.05, 0.1) is 11.4 Å². The van der Waals surface area contributed by atoms with E-state index in [1.54, 1.807) is 13.0 Å². The minimum absolute atomic E-state index is 0.0341. The highest BCUT2D eigenvalue weighted by molar-refractivity contribution is 6.68. The van der Waals surface area contributed by atoms with Crippen molar-refractivity contribution in [2.75, 3.05) is 12.0 Å². The number of aromatic hydroxyl groups is 1. The lowest BCUT2D eigenvalue weighted by atomic mass is 10.00. The van der Waals surface area contributed by atoms with Gasteiger partial charge in [0.15, 0.2) is 5.71 Å². The maximum atomic E-state index is 12.5. The van der Waals surface area contributed by atoms with Gasteiger partial charge < -0.3 is 10.2 Å². The molecule has 32 heavy (non-hydrogen) atoms. The Morgan fingerprint density at radius 2 is 1.78 bits per heavy atom. The van der Waals surface area contributed by atoms with E-state index in [0.717, 1.165) is 18.4 Å². The quantitative estimate of drug-likeness (QED) is 0.388. The molecule has 3 rings (SSSR count). The molecule has 1 heterocycles. The van der Waals surface area contributed by atoms with Crippen molar-refractivity contribution in [2.45, 2.75) is 46.0 Å². The monoisotopic (exact) mass is 436 g/mol. The van der Waals surface area contributed by atoms with Crippen molar-refractivity contribution in [3.8, 4) is 5.75 Å². The fourth-order valence-electron chi connectivity index (χ4n) is 3.57. The Balaban J connectivity index is 1.61. The van der Waals surface area contributed by atoms with Gasteiger partial charge in [0, 0.05) is 13.0 Å². The molecule has 0 radical (unpaired) electrons. The molecule has 1 amide bonds. The number of benzene rings is 2. The third-order valence-electron chi connectivity index (χ3n) is 5.37. The summed E-state index contributed by atoms with van der Waals surface area (Å²) in [7, 11) is 0. The molecule has 8 nitrogen and oxygen atoms in total. The molecule has 0 unspecified atom stereocenters. The topological polar surface area (TPSA) is 115 Å². The summed E-state index contributed by atoms with van der Waals surface area (Å²) in [6, 6.07) is 13.7. The molecule has 2 aromatic rings. The first-order valence-electron chi connectivity index (χ1n) is 10.6. The van der Waals surface area contributed by atoms with E-state index in [1.807, 2.05) is 24.3 Å². The number of carboxylic acid groups (broad SMARTS) is 1. The number of nitrogens with zero attached hydrogens (tertiary/aromatic N) is 3. The minimum Gasteiger partial charge on any atom is -0.505 e. The lowest BCUT2D eigenvalue weighted by Gasteiger charge is -2.11. The zero-order chi connectivity index (χ0) is 23.1. The molecule has 1 aliphatic heterocycles. The smallest absolute Gasteiger partial charge is 0.303 e. The molecular formula is C24H28N4O4. The third kappa shape index (κ3) is 5.72. The van der Waals surface area contributed by atoms with Gasteiger partial charge in [-0.25, -0.2) is 5.01 Å². The van der Waals surface area contributed by atoms with Crippen LogP contribution in [-0.2, 0) is 22.4 Å². The second-order valence-electron chi connectivity index (χ2n) is 7.78. The van der Waals surface area contributed by atoms with Gasteiger partial charge in [-0.1, -0.05) is 36.4 Å². The molecule has 0 atom stereocenters. The Kier molecular flexibility index (Phi) is 7.59. The Bertz CT molecular complexity index is 1060. The number of aliphatic carboxylic acids is 1. The van der Waals surface area contributed by atoms with Crippen molar-refractivity contribution in [1.29, 1.82) is 0 Å². The number of carbonyl (C=O) groups is 2. The van der Waals surface area contributed by atoms with Crippen LogP contribution < -0.4 is 5.43 Å². The number of rotatable bonds is 10. The first-order chi connectivity index (χ1) is 15.4. The fourth-order valence-corrected chi connectivity index (χ4v) is 3.57. The highest BCUT2D eigenvalue weighted by Crippen LogP contribution is 2.29. The molecule has 0 fully saturated rings. The van der Waals surface area contributed by atoms with Gasteiger partial charge in [-0.3, -0.25) is 15.0 Å². The van der Waals surface area contributed by atoms with Gasteiger partial charge in [-0.15, -0.1) is 0 Å². The number of aryl methyl sites for hydroxylation is 3. The third-order valence-corrected chi connectivity index (χ3v) is 5.37. The van der Waals surface area contributed by atoms with Gasteiger partial charge in [0.2, 0.25) is 0 Å². The normalized spacial score (nSPS) is 14.7. The highest BCUT2D eigenvalue weighted by Gasteiger charge is 2.29. The van der Waals surface area contributed by atoms with E-state index in [-0.39, 0.29) is 24.4 Å². The average Bonchev–Trinajstić information content (AvgIpc) is 3.02. The number of carbonyl (C=O) groups excluding carboxylic acids is 1. The highest BCUT2D eigenvalue weighted by atomic mass is 16.4. The number of anilines is 1. The number of nitrogens with one attached hydrogen (secondary N) is 1. The van der Waals surface area contributed by atoms with E-state index < -0.39 is 11.9 Å². The Morgan fingerprint density at radius 3 is 2.53 bits per heavy atom. The average molecular weight is 437 g/mol. The Hall–Kier alpha value is -3.68. The Morgan fingerprint density at radius 1 is 1.06 bits per heavy atom. The molecule has 8 heteroatoms. The molecule has 0 aliphatic carbocycles. The summed E-state index contributed by atoms with van der Waals surface area (Å²) in [4.78, 5) is 23.2. The second kappa shape index (κ2) is 10.6. The summed E-state index contributed by atoms with van der Waals surface area (Å²) in [5.41, 5.74) is 7.15. The van der Waals surface area contributed by atoms with E-state index in [4.69, 9.17) is 5.11 Å². The lowest BCUT2D eigenvalue weighted by molar-refractivity contribution is -0.137. The predicted molar refractivity (Wildman–Crippen MR) is 124 cm³/mol. The minimum atomic E-state index is -0.915. The van der Waals surface area contributed by atoms with Crippen molar-refractivity contribution < 1.29 is 19.8 Å². The van der Waals surface area contributed by atoms with Crippen LogP contribution in [0.4, 0.5) is 5.69 Å². The molecule has 0 saturated heterocycles. The predicted octanol–water partition coefficient (Wildman–Crippen LogP) is 3.73. The van der Waals surface area contributed by atoms with Crippen LogP contribution >= 0.6 is 0 Å². The van der Waals surface area contributed by atoms with E-state index >= 15 is 0 Å². The van der Waals surface area contributed by atoms with Crippen LogP contribution in [0.25, 0.3) is 0 Å². The first kappa shape index (κ1) is 23.0. The number of hydrazone groups is 2. The summed E-state index contributed by atoms with van der Waals surface area (Å²) in [6.07, 6.45) is 2.81. The van der Waals surface area contributed by atoms with E-state index in [1.165, 1.54) is 16.1 Å². The van der Waals surface area contributed by atoms with E-state index in [9.17, 15) is 14.7 Å². The largest absolute Gasteiger partial charge is 0.505 e. The Labute approximate surface area is 187 Å². The van der Waals surface area contributed by atoms with E-state index in [2.05, 4.69) is 34.7 Å². The van der Waals surface area contributed by atoms with E-state index in [0.29, 0.717) is 24.2 Å². The fraction of sp³-hybridized carbons (Fsp3) is 0.333.